The summed E-state index contributed by atoms with van der Waals surface area (Å²) in [6.45, 7) is 12.2. The summed E-state index contributed by atoms with van der Waals surface area (Å²) in [5.41, 5.74) is 6.43. The van der Waals surface area contributed by atoms with E-state index >= 15 is 0 Å². The van der Waals surface area contributed by atoms with Gasteiger partial charge in [-0.3, -0.25) is 19.5 Å². The van der Waals surface area contributed by atoms with Gasteiger partial charge in [-0.15, -0.1) is 0 Å². The molecule has 2 amide bonds. The molecule has 0 bridgehead atoms. The van der Waals surface area contributed by atoms with Crippen LogP contribution in [0.3, 0.4) is 0 Å². The summed E-state index contributed by atoms with van der Waals surface area (Å²) in [6.07, 6.45) is 4.71. The molecular formula is C41H47ClN8O5. The van der Waals surface area contributed by atoms with Crippen LogP contribution in [0.4, 0.5) is 22.0 Å². The molecule has 0 atom stereocenters. The second-order valence-electron chi connectivity index (χ2n) is 14.8. The molecule has 55 heavy (non-hydrogen) atoms. The topological polar surface area (TPSA) is 155 Å². The second-order valence-corrected chi connectivity index (χ2v) is 15.1. The van der Waals surface area contributed by atoms with Crippen molar-refractivity contribution in [1.82, 2.24) is 29.3 Å². The summed E-state index contributed by atoms with van der Waals surface area (Å²) in [6, 6.07) is 15.4. The molecule has 6 rings (SSSR count). The van der Waals surface area contributed by atoms with Gasteiger partial charge in [-0.1, -0.05) is 42.8 Å². The SMILES string of the molecule is CCCN(CCC(=O)O)Cc1cnc2c(Nc3cccc(-c4cccc(NC(=O)c5nc6c(n5C)CCN(C(=O)OC(C)(C)C)C6)c4Cl)c3C)nccc2c1. The van der Waals surface area contributed by atoms with E-state index in [9.17, 15) is 19.5 Å². The fourth-order valence-electron chi connectivity index (χ4n) is 6.80. The van der Waals surface area contributed by atoms with Crippen molar-refractivity contribution in [2.24, 2.45) is 7.05 Å². The monoisotopic (exact) mass is 766 g/mol. The number of benzene rings is 2. The van der Waals surface area contributed by atoms with E-state index in [4.69, 9.17) is 21.3 Å². The van der Waals surface area contributed by atoms with Crippen LogP contribution in [0.1, 0.15) is 73.7 Å². The van der Waals surface area contributed by atoms with E-state index in [-0.39, 0.29) is 18.8 Å². The number of nitrogens with one attached hydrogen (secondary N) is 2. The Hall–Kier alpha value is -5.53. The van der Waals surface area contributed by atoms with Crippen LogP contribution in [0.2, 0.25) is 5.02 Å². The lowest BCUT2D eigenvalue weighted by molar-refractivity contribution is -0.137. The van der Waals surface area contributed by atoms with Gasteiger partial charge in [-0.25, -0.2) is 14.8 Å². The Morgan fingerprint density at radius 2 is 1.78 bits per heavy atom. The zero-order valence-electron chi connectivity index (χ0n) is 32.1. The number of fused-ring (bicyclic) bond motifs is 2. The molecule has 0 radical (unpaired) electrons. The molecule has 4 heterocycles. The van der Waals surface area contributed by atoms with E-state index in [2.05, 4.69) is 38.5 Å². The van der Waals surface area contributed by atoms with Crippen molar-refractivity contribution < 1.29 is 24.2 Å². The first kappa shape index (κ1) is 39.2. The summed E-state index contributed by atoms with van der Waals surface area (Å²) in [7, 11) is 1.80. The first-order valence-electron chi connectivity index (χ1n) is 18.4. The largest absolute Gasteiger partial charge is 0.481 e. The van der Waals surface area contributed by atoms with Crippen molar-refractivity contribution in [2.45, 2.75) is 72.6 Å². The van der Waals surface area contributed by atoms with Crippen LogP contribution in [0.15, 0.2) is 60.9 Å². The number of carboxylic acids is 1. The molecule has 1 aliphatic heterocycles. The van der Waals surface area contributed by atoms with Crippen LogP contribution in [0.25, 0.3) is 22.0 Å². The summed E-state index contributed by atoms with van der Waals surface area (Å²) in [5, 5.41) is 16.9. The van der Waals surface area contributed by atoms with Gasteiger partial charge in [0.15, 0.2) is 11.6 Å². The summed E-state index contributed by atoms with van der Waals surface area (Å²) in [4.78, 5) is 55.2. The number of imidazole rings is 1. The fourth-order valence-corrected chi connectivity index (χ4v) is 7.08. The first-order chi connectivity index (χ1) is 26.2. The predicted octanol–water partition coefficient (Wildman–Crippen LogP) is 7.97. The molecule has 0 aliphatic carbocycles. The highest BCUT2D eigenvalue weighted by atomic mass is 35.5. The molecule has 0 spiro atoms. The number of carboxylic acid groups (broad SMARTS) is 1. The second kappa shape index (κ2) is 16.5. The number of hydrogen-bond donors (Lipinski definition) is 3. The summed E-state index contributed by atoms with van der Waals surface area (Å²) < 4.78 is 7.32. The number of rotatable bonds is 12. The highest BCUT2D eigenvalue weighted by Crippen LogP contribution is 2.38. The van der Waals surface area contributed by atoms with E-state index in [0.717, 1.165) is 52.0 Å². The van der Waals surface area contributed by atoms with Gasteiger partial charge in [0.05, 0.1) is 29.4 Å². The van der Waals surface area contributed by atoms with Gasteiger partial charge in [0.1, 0.15) is 11.1 Å². The minimum absolute atomic E-state index is 0.0904. The van der Waals surface area contributed by atoms with E-state index in [1.807, 2.05) is 70.3 Å². The number of amides is 2. The fraction of sp³-hybridized carbons (Fsp3) is 0.366. The Morgan fingerprint density at radius 3 is 2.51 bits per heavy atom. The average Bonchev–Trinajstić information content (AvgIpc) is 3.47. The number of carbonyl (C=O) groups excluding carboxylic acids is 2. The van der Waals surface area contributed by atoms with E-state index in [1.54, 1.807) is 28.8 Å². The van der Waals surface area contributed by atoms with Crippen molar-refractivity contribution in [3.05, 3.63) is 94.3 Å². The van der Waals surface area contributed by atoms with Gasteiger partial charge in [0, 0.05) is 67.8 Å². The normalized spacial score (nSPS) is 12.8. The third-order valence-corrected chi connectivity index (χ3v) is 9.89. The molecule has 1 aliphatic rings. The molecule has 0 saturated carbocycles. The predicted molar refractivity (Wildman–Crippen MR) is 214 cm³/mol. The standard InChI is InChI=1S/C41H47ClN8O5/c1-7-18-49(19-16-34(51)52)23-26-21-27-14-17-43-37(36(27)44-22-26)45-30-12-8-10-28(25(30)2)29-11-9-13-31(35(29)42)47-39(53)38-46-32-24-50(20-15-33(32)48(38)6)40(54)55-41(3,4)5/h8-14,17,21-22H,7,15-16,18-20,23-24H2,1-6H3,(H,43,45)(H,47,53)(H,51,52). The van der Waals surface area contributed by atoms with Gasteiger partial charge in [-0.05, 0) is 81.6 Å². The minimum Gasteiger partial charge on any atom is -0.481 e. The zero-order valence-corrected chi connectivity index (χ0v) is 32.8. The zero-order chi connectivity index (χ0) is 39.4. The Morgan fingerprint density at radius 1 is 1.04 bits per heavy atom. The highest BCUT2D eigenvalue weighted by Gasteiger charge is 2.30. The third-order valence-electron chi connectivity index (χ3n) is 9.48. The van der Waals surface area contributed by atoms with E-state index in [1.165, 1.54) is 0 Å². The number of aliphatic carboxylic acids is 1. The quantitative estimate of drug-likeness (QED) is 0.114. The molecule has 5 aromatic rings. The van der Waals surface area contributed by atoms with Crippen molar-refractivity contribution >= 4 is 57.7 Å². The van der Waals surface area contributed by atoms with Gasteiger partial charge in [0.2, 0.25) is 0 Å². The van der Waals surface area contributed by atoms with Gasteiger partial charge >= 0.3 is 12.1 Å². The number of halogens is 1. The lowest BCUT2D eigenvalue weighted by atomic mass is 9.98. The van der Waals surface area contributed by atoms with Crippen LogP contribution in [-0.4, -0.2) is 77.6 Å². The van der Waals surface area contributed by atoms with Crippen molar-refractivity contribution in [1.29, 1.82) is 0 Å². The number of aromatic nitrogens is 4. The molecular weight excluding hydrogens is 720 g/mol. The molecule has 288 valence electrons. The highest BCUT2D eigenvalue weighted by molar-refractivity contribution is 6.36. The minimum atomic E-state index is -0.809. The molecule has 0 fully saturated rings. The molecule has 0 unspecified atom stereocenters. The molecule has 14 heteroatoms. The lowest BCUT2D eigenvalue weighted by Crippen LogP contribution is -2.40. The Balaban J connectivity index is 1.19. The van der Waals surface area contributed by atoms with Crippen LogP contribution in [0, 0.1) is 6.92 Å². The lowest BCUT2D eigenvalue weighted by Gasteiger charge is -2.29. The Bertz CT molecular complexity index is 2250. The maximum Gasteiger partial charge on any atom is 0.410 e. The van der Waals surface area contributed by atoms with E-state index in [0.29, 0.717) is 53.8 Å². The number of ether oxygens (including phenoxy) is 1. The van der Waals surface area contributed by atoms with Crippen molar-refractivity contribution in [3.63, 3.8) is 0 Å². The van der Waals surface area contributed by atoms with Crippen LogP contribution >= 0.6 is 11.6 Å². The molecule has 2 aromatic carbocycles. The summed E-state index contributed by atoms with van der Waals surface area (Å²) in [5.74, 6) is -0.405. The smallest absolute Gasteiger partial charge is 0.410 e. The molecule has 3 N–H and O–H groups in total. The number of pyridine rings is 2. The van der Waals surface area contributed by atoms with Crippen molar-refractivity contribution in [3.8, 4) is 11.1 Å². The maximum atomic E-state index is 13.6. The van der Waals surface area contributed by atoms with Crippen LogP contribution in [0.5, 0.6) is 0 Å². The van der Waals surface area contributed by atoms with Gasteiger partial charge in [-0.2, -0.15) is 0 Å². The number of carbonyl (C=O) groups is 3. The summed E-state index contributed by atoms with van der Waals surface area (Å²) >= 11 is 7.02. The molecule has 13 nitrogen and oxygen atoms in total. The first-order valence-corrected chi connectivity index (χ1v) is 18.8. The van der Waals surface area contributed by atoms with Crippen molar-refractivity contribution in [2.75, 3.05) is 30.3 Å². The van der Waals surface area contributed by atoms with Gasteiger partial charge in [0.25, 0.3) is 5.91 Å². The Kier molecular flexibility index (Phi) is 11.7. The Labute approximate surface area is 325 Å². The maximum absolute atomic E-state index is 13.6. The average molecular weight is 767 g/mol. The van der Waals surface area contributed by atoms with Gasteiger partial charge < -0.3 is 29.9 Å². The third kappa shape index (κ3) is 9.06. The number of hydrogen-bond acceptors (Lipinski definition) is 9. The molecule has 3 aromatic heterocycles. The van der Waals surface area contributed by atoms with Crippen LogP contribution in [-0.2, 0) is 36.1 Å². The molecule has 0 saturated heterocycles. The van der Waals surface area contributed by atoms with Crippen LogP contribution < -0.4 is 10.6 Å². The van der Waals surface area contributed by atoms with E-state index < -0.39 is 23.6 Å². The number of nitrogens with zero attached hydrogens (tertiary/aromatic N) is 6. The number of anilines is 3.